The Hall–Kier alpha value is -1.57. The largest absolute Gasteiger partial charge is 0.350 e. The fourth-order valence-electron chi connectivity index (χ4n) is 0.0823. The molecule has 0 aliphatic carbocycles. The molecule has 0 aromatic heterocycles. The first-order chi connectivity index (χ1) is 3.63. The summed E-state index contributed by atoms with van der Waals surface area (Å²) >= 11 is 0. The molecule has 6 N–H and O–H groups in total. The number of nitrogens with one attached hydrogen (secondary N) is 1. The minimum absolute atomic E-state index is 0. The number of rotatable bonds is 2. The smallest absolute Gasteiger partial charge is 0.336 e. The zero-order valence-electron chi connectivity index (χ0n) is 4.36. The molecule has 0 saturated heterocycles. The normalized spacial score (nSPS) is 6.67. The van der Waals surface area contributed by atoms with Crippen LogP contribution in [-0.4, -0.2) is 11.1 Å². The van der Waals surface area contributed by atoms with E-state index < -0.39 is 11.1 Å². The zero-order chi connectivity index (χ0) is 6.57. The summed E-state index contributed by atoms with van der Waals surface area (Å²) in [5.74, 6) is 0. The Bertz CT molecular complexity index is 97.1. The number of carbonyl (C=O) groups excluding carboxylic acids is 1. The van der Waals surface area contributed by atoms with Gasteiger partial charge in [-0.3, -0.25) is 0 Å². The Kier molecular flexibility index (Phi) is 5.31. The fourth-order valence-corrected chi connectivity index (χ4v) is 0.0823. The molecular weight excluding hydrogens is 132 g/mol. The first-order valence-corrected chi connectivity index (χ1v) is 1.49. The van der Waals surface area contributed by atoms with Crippen molar-refractivity contribution in [3.05, 3.63) is 10.1 Å². The number of urea groups is 1. The summed E-state index contributed by atoms with van der Waals surface area (Å²) in [6, 6.07) is -1.11. The summed E-state index contributed by atoms with van der Waals surface area (Å²) in [4.78, 5) is 22.1. The average molecular weight is 138 g/mol. The third kappa shape index (κ3) is 10.7. The molecule has 0 rings (SSSR count). The van der Waals surface area contributed by atoms with Crippen LogP contribution in [0.3, 0.4) is 0 Å². The van der Waals surface area contributed by atoms with Crippen LogP contribution in [0.2, 0.25) is 0 Å². The van der Waals surface area contributed by atoms with Crippen molar-refractivity contribution in [3.8, 4) is 0 Å². The minimum Gasteiger partial charge on any atom is -0.350 e. The van der Waals surface area contributed by atoms with Crippen molar-refractivity contribution in [2.45, 2.75) is 0 Å². The first kappa shape index (κ1) is 10.4. The van der Waals surface area contributed by atoms with Crippen LogP contribution in [0.15, 0.2) is 0 Å². The number of hydrogen-bond acceptors (Lipinski definition) is 5. The number of amides is 2. The van der Waals surface area contributed by atoms with Gasteiger partial charge in [0.2, 0.25) is 0 Å². The summed E-state index contributed by atoms with van der Waals surface area (Å²) in [6.07, 6.45) is 0. The molecule has 0 heterocycles. The molecule has 0 aliphatic rings. The highest BCUT2D eigenvalue weighted by Gasteiger charge is 1.93. The Labute approximate surface area is 49.6 Å². The van der Waals surface area contributed by atoms with Gasteiger partial charge in [-0.2, -0.15) is 10.4 Å². The molecule has 0 atom stereocenters. The van der Waals surface area contributed by atoms with Crippen LogP contribution < -0.4 is 17.4 Å². The van der Waals surface area contributed by atoms with Crippen LogP contribution in [0.25, 0.3) is 0 Å². The van der Waals surface area contributed by atoms with E-state index in [0.717, 1.165) is 0 Å². The summed E-state index contributed by atoms with van der Waals surface area (Å²) in [7, 11) is 0. The topological polar surface area (TPSA) is 142 Å². The van der Waals surface area contributed by atoms with Crippen LogP contribution in [0, 0.1) is 10.1 Å². The number of nitrogens with zero attached hydrogens (tertiary/aromatic N) is 1. The molecule has 0 unspecified atom stereocenters. The maximum absolute atomic E-state index is 9.59. The molecule has 54 valence electrons. The van der Waals surface area contributed by atoms with Gasteiger partial charge in [-0.15, -0.1) is 10.1 Å². The second-order valence-electron chi connectivity index (χ2n) is 0.781. The lowest BCUT2D eigenvalue weighted by Crippen LogP contribution is -2.31. The second kappa shape index (κ2) is 4.59. The van der Waals surface area contributed by atoms with Gasteiger partial charge in [0.15, 0.2) is 0 Å². The fraction of sp³-hybridized carbons (Fsp3) is 0. The minimum atomic E-state index is -1.19. The molecule has 0 fully saturated rings. The monoisotopic (exact) mass is 138 g/mol. The highest BCUT2D eigenvalue weighted by Crippen LogP contribution is 1.63. The Morgan fingerprint density at radius 3 is 2.33 bits per heavy atom. The van der Waals surface area contributed by atoms with Crippen molar-refractivity contribution >= 4 is 6.03 Å². The van der Waals surface area contributed by atoms with Gasteiger partial charge in [0, 0.05) is 0 Å². The molecular formula is CH6N4O4. The lowest BCUT2D eigenvalue weighted by molar-refractivity contribution is -0.771. The van der Waals surface area contributed by atoms with Gasteiger partial charge in [0.1, 0.15) is 0 Å². The Morgan fingerprint density at radius 2 is 2.22 bits per heavy atom. The highest BCUT2D eigenvalue weighted by molar-refractivity contribution is 5.70. The van der Waals surface area contributed by atoms with E-state index in [0.29, 0.717) is 0 Å². The SMILES string of the molecule is N.NC(=O)NO[N+](=O)[O-]. The summed E-state index contributed by atoms with van der Waals surface area (Å²) in [5, 5.41) is 8.03. The van der Waals surface area contributed by atoms with Crippen molar-refractivity contribution in [2.75, 3.05) is 0 Å². The van der Waals surface area contributed by atoms with Gasteiger partial charge < -0.3 is 11.9 Å². The molecule has 0 aromatic carbocycles. The van der Waals surface area contributed by atoms with Crippen LogP contribution in [0.4, 0.5) is 4.79 Å². The van der Waals surface area contributed by atoms with Gasteiger partial charge in [0.25, 0.3) is 0 Å². The lowest BCUT2D eigenvalue weighted by Gasteiger charge is -1.92. The van der Waals surface area contributed by atoms with Gasteiger partial charge >= 0.3 is 11.1 Å². The number of hydroxylamine groups is 1. The van der Waals surface area contributed by atoms with Crippen molar-refractivity contribution < 1.29 is 14.8 Å². The molecule has 0 aliphatic heterocycles. The number of primary amides is 1. The van der Waals surface area contributed by atoms with Crippen LogP contribution in [-0.2, 0) is 4.94 Å². The molecule has 8 heteroatoms. The lowest BCUT2D eigenvalue weighted by atomic mass is 11.2. The average Bonchev–Trinajstić information content (AvgIpc) is 1.61. The summed E-state index contributed by atoms with van der Waals surface area (Å²) < 4.78 is 0. The third-order valence-corrected chi connectivity index (χ3v) is 0.221. The van der Waals surface area contributed by atoms with Crippen molar-refractivity contribution in [2.24, 2.45) is 5.73 Å². The van der Waals surface area contributed by atoms with E-state index in [1.54, 1.807) is 0 Å². The highest BCUT2D eigenvalue weighted by atomic mass is 17.0. The molecule has 2 amide bonds. The van der Waals surface area contributed by atoms with Gasteiger partial charge in [-0.05, 0) is 0 Å². The van der Waals surface area contributed by atoms with E-state index in [9.17, 15) is 14.9 Å². The summed E-state index contributed by atoms with van der Waals surface area (Å²) in [5.41, 5.74) is 5.65. The van der Waals surface area contributed by atoms with Crippen molar-refractivity contribution in [3.63, 3.8) is 0 Å². The molecule has 0 bridgehead atoms. The first-order valence-electron chi connectivity index (χ1n) is 1.49. The maximum atomic E-state index is 9.59. The molecule has 0 saturated carbocycles. The van der Waals surface area contributed by atoms with E-state index >= 15 is 0 Å². The van der Waals surface area contributed by atoms with E-state index in [1.807, 2.05) is 0 Å². The van der Waals surface area contributed by atoms with Crippen molar-refractivity contribution in [1.82, 2.24) is 11.6 Å². The van der Waals surface area contributed by atoms with Gasteiger partial charge in [-0.1, -0.05) is 0 Å². The quantitative estimate of drug-likeness (QED) is 0.329. The van der Waals surface area contributed by atoms with Gasteiger partial charge in [-0.25, -0.2) is 4.79 Å². The predicted octanol–water partition coefficient (Wildman–Crippen LogP) is -1.06. The van der Waals surface area contributed by atoms with Crippen LogP contribution >= 0.6 is 0 Å². The van der Waals surface area contributed by atoms with E-state index in [1.165, 1.54) is 5.48 Å². The number of carbonyl (C=O) groups is 1. The van der Waals surface area contributed by atoms with Crippen LogP contribution in [0.1, 0.15) is 0 Å². The molecule has 8 nitrogen and oxygen atoms in total. The van der Waals surface area contributed by atoms with E-state index in [-0.39, 0.29) is 6.15 Å². The van der Waals surface area contributed by atoms with Crippen molar-refractivity contribution in [1.29, 1.82) is 0 Å². The predicted molar refractivity (Wildman–Crippen MR) is 25.8 cm³/mol. The summed E-state index contributed by atoms with van der Waals surface area (Å²) in [6.45, 7) is 0. The van der Waals surface area contributed by atoms with Crippen LogP contribution in [0.5, 0.6) is 0 Å². The third-order valence-electron chi connectivity index (χ3n) is 0.221. The van der Waals surface area contributed by atoms with E-state index in [4.69, 9.17) is 0 Å². The standard InChI is InChI=1S/CH3N3O4.H3N/c2-1(5)3-8-4(6)7;/h(H3,2,3,5);1H3. The van der Waals surface area contributed by atoms with E-state index in [2.05, 4.69) is 10.7 Å². The Morgan fingerprint density at radius 1 is 1.78 bits per heavy atom. The number of hydrogen-bond donors (Lipinski definition) is 3. The molecule has 0 spiro atoms. The second-order valence-corrected chi connectivity index (χ2v) is 0.781. The number of nitrogens with two attached hydrogens (primary N) is 1. The molecule has 0 radical (unpaired) electrons. The zero-order valence-corrected chi connectivity index (χ0v) is 4.36. The maximum Gasteiger partial charge on any atom is 0.336 e. The Balaban J connectivity index is 0. The van der Waals surface area contributed by atoms with Gasteiger partial charge in [0.05, 0.1) is 0 Å². The molecule has 0 aromatic rings. The molecule has 9 heavy (non-hydrogen) atoms.